The van der Waals surface area contributed by atoms with Gasteiger partial charge in [-0.1, -0.05) is 19.9 Å². The summed E-state index contributed by atoms with van der Waals surface area (Å²) in [6, 6.07) is 5.38. The smallest absolute Gasteiger partial charge is 0.130 e. The van der Waals surface area contributed by atoms with E-state index in [1.54, 1.807) is 12.1 Å². The van der Waals surface area contributed by atoms with Gasteiger partial charge in [0.2, 0.25) is 0 Å². The van der Waals surface area contributed by atoms with Crippen LogP contribution in [0.2, 0.25) is 0 Å². The Morgan fingerprint density at radius 2 is 2.00 bits per heavy atom. The van der Waals surface area contributed by atoms with Crippen molar-refractivity contribution >= 4 is 0 Å². The second-order valence-corrected chi connectivity index (χ2v) is 2.88. The van der Waals surface area contributed by atoms with Gasteiger partial charge in [0.15, 0.2) is 0 Å². The maximum absolute atomic E-state index is 13.6. The predicted molar refractivity (Wildman–Crippen MR) is 49.9 cm³/mol. The lowest BCUT2D eigenvalue weighted by Gasteiger charge is -2.06. The molecule has 1 aromatic carbocycles. The van der Waals surface area contributed by atoms with Crippen LogP contribution >= 0.6 is 0 Å². The van der Waals surface area contributed by atoms with E-state index in [1.807, 2.05) is 19.9 Å². The zero-order chi connectivity index (χ0) is 9.84. The third-order valence-electron chi connectivity index (χ3n) is 2.18. The summed E-state index contributed by atoms with van der Waals surface area (Å²) in [6.07, 6.45) is 1.24. The molecule has 0 radical (unpaired) electrons. The number of hydrogen-bond acceptors (Lipinski definition) is 1. The molecule has 0 aliphatic rings. The van der Waals surface area contributed by atoms with Crippen LogP contribution in [0.15, 0.2) is 12.1 Å². The van der Waals surface area contributed by atoms with Crippen LogP contribution in [0, 0.1) is 17.1 Å². The van der Waals surface area contributed by atoms with Crippen molar-refractivity contribution in [2.24, 2.45) is 0 Å². The minimum atomic E-state index is -0.205. The van der Waals surface area contributed by atoms with Crippen molar-refractivity contribution in [1.29, 1.82) is 5.26 Å². The van der Waals surface area contributed by atoms with Gasteiger partial charge in [-0.05, 0) is 24.5 Å². The van der Waals surface area contributed by atoms with Crippen molar-refractivity contribution in [2.45, 2.75) is 26.7 Å². The molecule has 0 N–H and O–H groups in total. The van der Waals surface area contributed by atoms with Crippen molar-refractivity contribution in [3.05, 3.63) is 34.6 Å². The van der Waals surface area contributed by atoms with E-state index in [4.69, 9.17) is 5.26 Å². The first-order valence-corrected chi connectivity index (χ1v) is 4.44. The van der Waals surface area contributed by atoms with E-state index in [9.17, 15) is 4.39 Å². The SMILES string of the molecule is CCc1ccc(C#N)c(CC)c1F. The lowest BCUT2D eigenvalue weighted by molar-refractivity contribution is 0.596. The molecule has 0 bridgehead atoms. The molecule has 0 heterocycles. The van der Waals surface area contributed by atoms with Gasteiger partial charge in [0, 0.05) is 5.56 Å². The van der Waals surface area contributed by atoms with Crippen molar-refractivity contribution in [1.82, 2.24) is 0 Å². The fourth-order valence-corrected chi connectivity index (χ4v) is 1.39. The van der Waals surface area contributed by atoms with Crippen molar-refractivity contribution in [3.8, 4) is 6.07 Å². The van der Waals surface area contributed by atoms with Gasteiger partial charge >= 0.3 is 0 Å². The number of hydrogen-bond donors (Lipinski definition) is 0. The molecule has 0 unspecified atom stereocenters. The van der Waals surface area contributed by atoms with E-state index in [0.717, 1.165) is 0 Å². The highest BCUT2D eigenvalue weighted by molar-refractivity contribution is 5.41. The van der Waals surface area contributed by atoms with Crippen LogP contribution in [0.5, 0.6) is 0 Å². The van der Waals surface area contributed by atoms with Gasteiger partial charge < -0.3 is 0 Å². The summed E-state index contributed by atoms with van der Waals surface area (Å²) in [5.74, 6) is -0.205. The quantitative estimate of drug-likeness (QED) is 0.681. The number of rotatable bonds is 2. The Balaban J connectivity index is 3.34. The van der Waals surface area contributed by atoms with Crippen molar-refractivity contribution in [3.63, 3.8) is 0 Å². The average Bonchev–Trinajstić information content (AvgIpc) is 2.17. The number of nitrogens with zero attached hydrogens (tertiary/aromatic N) is 1. The summed E-state index contributed by atoms with van der Waals surface area (Å²) < 4.78 is 13.6. The predicted octanol–water partition coefficient (Wildman–Crippen LogP) is 2.82. The van der Waals surface area contributed by atoms with Crippen LogP contribution in [0.3, 0.4) is 0 Å². The van der Waals surface area contributed by atoms with E-state index in [0.29, 0.717) is 29.5 Å². The van der Waals surface area contributed by atoms with E-state index >= 15 is 0 Å². The highest BCUT2D eigenvalue weighted by Gasteiger charge is 2.09. The zero-order valence-corrected chi connectivity index (χ0v) is 7.89. The molecule has 1 nitrogen and oxygen atoms in total. The molecule has 0 aromatic heterocycles. The van der Waals surface area contributed by atoms with Crippen LogP contribution in [0.25, 0.3) is 0 Å². The van der Waals surface area contributed by atoms with Gasteiger partial charge in [-0.15, -0.1) is 0 Å². The van der Waals surface area contributed by atoms with Gasteiger partial charge in [-0.2, -0.15) is 5.26 Å². The number of aryl methyl sites for hydroxylation is 1. The Labute approximate surface area is 77.8 Å². The molecule has 13 heavy (non-hydrogen) atoms. The molecule has 0 amide bonds. The highest BCUT2D eigenvalue weighted by Crippen LogP contribution is 2.18. The van der Waals surface area contributed by atoms with Crippen LogP contribution in [-0.4, -0.2) is 0 Å². The van der Waals surface area contributed by atoms with Crippen molar-refractivity contribution < 1.29 is 4.39 Å². The fraction of sp³-hybridized carbons (Fsp3) is 0.364. The molecule has 2 heteroatoms. The molecular formula is C11H12FN. The van der Waals surface area contributed by atoms with Crippen LogP contribution < -0.4 is 0 Å². The summed E-state index contributed by atoms with van der Waals surface area (Å²) in [5.41, 5.74) is 1.69. The number of nitriles is 1. The first kappa shape index (κ1) is 9.73. The summed E-state index contributed by atoms with van der Waals surface area (Å²) in [7, 11) is 0. The van der Waals surface area contributed by atoms with Gasteiger partial charge in [0.25, 0.3) is 0 Å². The minimum absolute atomic E-state index is 0.205. The molecule has 0 aliphatic heterocycles. The van der Waals surface area contributed by atoms with Gasteiger partial charge in [0.1, 0.15) is 5.82 Å². The molecule has 0 spiro atoms. The lowest BCUT2D eigenvalue weighted by Crippen LogP contribution is -1.98. The third-order valence-corrected chi connectivity index (χ3v) is 2.18. The maximum Gasteiger partial charge on any atom is 0.130 e. The summed E-state index contributed by atoms with van der Waals surface area (Å²) in [6.45, 7) is 3.77. The van der Waals surface area contributed by atoms with Crippen molar-refractivity contribution in [2.75, 3.05) is 0 Å². The topological polar surface area (TPSA) is 23.8 Å². The maximum atomic E-state index is 13.6. The zero-order valence-electron chi connectivity index (χ0n) is 7.89. The molecule has 0 atom stereocenters. The second-order valence-electron chi connectivity index (χ2n) is 2.88. The monoisotopic (exact) mass is 177 g/mol. The van der Waals surface area contributed by atoms with E-state index in [2.05, 4.69) is 0 Å². The third kappa shape index (κ3) is 1.70. The van der Waals surface area contributed by atoms with Crippen LogP contribution in [0.1, 0.15) is 30.5 Å². The molecule has 0 aliphatic carbocycles. The molecular weight excluding hydrogens is 165 g/mol. The summed E-state index contributed by atoms with van der Waals surface area (Å²) in [4.78, 5) is 0. The first-order valence-electron chi connectivity index (χ1n) is 4.44. The number of benzene rings is 1. The fourth-order valence-electron chi connectivity index (χ4n) is 1.39. The summed E-state index contributed by atoms with van der Waals surface area (Å²) in [5, 5.41) is 8.72. The highest BCUT2D eigenvalue weighted by atomic mass is 19.1. The van der Waals surface area contributed by atoms with Gasteiger partial charge in [-0.3, -0.25) is 0 Å². The first-order chi connectivity index (χ1) is 6.24. The normalized spacial score (nSPS) is 9.69. The number of halogens is 1. The lowest BCUT2D eigenvalue weighted by atomic mass is 10.0. The molecule has 1 rings (SSSR count). The van der Waals surface area contributed by atoms with Crippen LogP contribution in [-0.2, 0) is 12.8 Å². The largest absolute Gasteiger partial charge is 0.206 e. The Bertz CT molecular complexity index is 350. The Morgan fingerprint density at radius 1 is 1.31 bits per heavy atom. The van der Waals surface area contributed by atoms with E-state index in [1.165, 1.54) is 0 Å². The summed E-state index contributed by atoms with van der Waals surface area (Å²) >= 11 is 0. The Kier molecular flexibility index (Phi) is 3.02. The molecule has 0 saturated heterocycles. The second kappa shape index (κ2) is 4.04. The standard InChI is InChI=1S/C11H12FN/c1-3-8-5-6-9(7-13)10(4-2)11(8)12/h5-6H,3-4H2,1-2H3. The molecule has 68 valence electrons. The van der Waals surface area contributed by atoms with E-state index in [-0.39, 0.29) is 5.82 Å². The van der Waals surface area contributed by atoms with Gasteiger partial charge in [0.05, 0.1) is 11.6 Å². The Hall–Kier alpha value is -1.36. The van der Waals surface area contributed by atoms with E-state index < -0.39 is 0 Å². The molecule has 1 aromatic rings. The minimum Gasteiger partial charge on any atom is -0.206 e. The molecule has 0 fully saturated rings. The van der Waals surface area contributed by atoms with Crippen LogP contribution in [0.4, 0.5) is 4.39 Å². The average molecular weight is 177 g/mol. The van der Waals surface area contributed by atoms with Gasteiger partial charge in [-0.25, -0.2) is 4.39 Å². The Morgan fingerprint density at radius 3 is 2.46 bits per heavy atom. The molecule has 0 saturated carbocycles.